The van der Waals surface area contributed by atoms with E-state index in [1.807, 2.05) is 24.6 Å². The van der Waals surface area contributed by atoms with Crippen molar-refractivity contribution in [1.82, 2.24) is 19.6 Å². The lowest BCUT2D eigenvalue weighted by Crippen LogP contribution is -2.52. The predicted molar refractivity (Wildman–Crippen MR) is 91.5 cm³/mol. The maximum absolute atomic E-state index is 4.66. The van der Waals surface area contributed by atoms with Gasteiger partial charge in [0.25, 0.3) is 0 Å². The van der Waals surface area contributed by atoms with Crippen LogP contribution >= 0.6 is 22.7 Å². The van der Waals surface area contributed by atoms with Crippen molar-refractivity contribution in [2.24, 2.45) is 0 Å². The molecule has 116 valence electrons. The molecule has 1 aliphatic rings. The van der Waals surface area contributed by atoms with E-state index in [-0.39, 0.29) is 0 Å². The van der Waals surface area contributed by atoms with E-state index >= 15 is 0 Å². The third kappa shape index (κ3) is 2.36. The maximum atomic E-state index is 4.66. The smallest absolute Gasteiger partial charge is 0.214 e. The van der Waals surface area contributed by atoms with E-state index in [0.717, 1.165) is 46.2 Å². The fourth-order valence-corrected chi connectivity index (χ4v) is 4.71. The monoisotopic (exact) mass is 334 g/mol. The molecule has 0 aliphatic carbocycles. The summed E-state index contributed by atoms with van der Waals surface area (Å²) >= 11 is 3.40. The van der Waals surface area contributed by atoms with E-state index in [1.54, 1.807) is 22.7 Å². The van der Waals surface area contributed by atoms with Crippen LogP contribution in [0, 0.1) is 13.8 Å². The lowest BCUT2D eigenvalue weighted by Gasteiger charge is -2.39. The molecule has 0 aromatic carbocycles. The van der Waals surface area contributed by atoms with Gasteiger partial charge in [0.05, 0.1) is 17.6 Å². The SMILES string of the molecule is Cc1csc(N2CCN(c3nn4cc(C)nc4s3)C[C@@H]2C)n1. The number of piperazine rings is 1. The van der Waals surface area contributed by atoms with Crippen LogP contribution in [0.1, 0.15) is 18.3 Å². The van der Waals surface area contributed by atoms with Gasteiger partial charge in [0.1, 0.15) is 0 Å². The van der Waals surface area contributed by atoms with Gasteiger partial charge in [-0.15, -0.1) is 16.4 Å². The van der Waals surface area contributed by atoms with Crippen molar-refractivity contribution in [2.75, 3.05) is 29.4 Å². The van der Waals surface area contributed by atoms with Crippen LogP contribution in [-0.2, 0) is 0 Å². The number of hydrogen-bond donors (Lipinski definition) is 0. The summed E-state index contributed by atoms with van der Waals surface area (Å²) in [4.78, 5) is 14.8. The highest BCUT2D eigenvalue weighted by molar-refractivity contribution is 7.20. The van der Waals surface area contributed by atoms with E-state index in [1.165, 1.54) is 0 Å². The molecule has 6 nitrogen and oxygen atoms in total. The first-order chi connectivity index (χ1) is 10.6. The maximum Gasteiger partial charge on any atom is 0.214 e. The van der Waals surface area contributed by atoms with Gasteiger partial charge in [-0.05, 0) is 20.8 Å². The van der Waals surface area contributed by atoms with Crippen LogP contribution in [0.4, 0.5) is 10.3 Å². The highest BCUT2D eigenvalue weighted by atomic mass is 32.1. The molecular formula is C14H18N6S2. The molecular weight excluding hydrogens is 316 g/mol. The molecule has 3 aromatic rings. The van der Waals surface area contributed by atoms with Crippen molar-refractivity contribution in [3.8, 4) is 0 Å². The Kier molecular flexibility index (Phi) is 3.30. The molecule has 1 saturated heterocycles. The second-order valence-corrected chi connectivity index (χ2v) is 7.52. The molecule has 0 bridgehead atoms. The van der Waals surface area contributed by atoms with Crippen molar-refractivity contribution in [3.05, 3.63) is 23.0 Å². The number of rotatable bonds is 2. The minimum Gasteiger partial charge on any atom is -0.343 e. The molecule has 1 fully saturated rings. The fraction of sp³-hybridized carbons (Fsp3) is 0.500. The van der Waals surface area contributed by atoms with Gasteiger partial charge >= 0.3 is 0 Å². The van der Waals surface area contributed by atoms with E-state index in [2.05, 4.69) is 37.2 Å². The zero-order valence-electron chi connectivity index (χ0n) is 12.9. The van der Waals surface area contributed by atoms with Gasteiger partial charge < -0.3 is 9.80 Å². The Morgan fingerprint density at radius 1 is 1.14 bits per heavy atom. The van der Waals surface area contributed by atoms with Gasteiger partial charge in [0, 0.05) is 31.1 Å². The average Bonchev–Trinajstić information content (AvgIpc) is 3.13. The zero-order chi connectivity index (χ0) is 15.3. The molecule has 3 aromatic heterocycles. The summed E-state index contributed by atoms with van der Waals surface area (Å²) in [6.07, 6.45) is 1.98. The van der Waals surface area contributed by atoms with Gasteiger partial charge in [-0.2, -0.15) is 0 Å². The molecule has 1 atom stereocenters. The molecule has 4 heterocycles. The van der Waals surface area contributed by atoms with Gasteiger partial charge in [0.2, 0.25) is 10.1 Å². The Balaban J connectivity index is 1.52. The van der Waals surface area contributed by atoms with E-state index in [9.17, 15) is 0 Å². The van der Waals surface area contributed by atoms with E-state index in [4.69, 9.17) is 0 Å². The highest BCUT2D eigenvalue weighted by Crippen LogP contribution is 2.29. The quantitative estimate of drug-likeness (QED) is 0.721. The number of imidazole rings is 1. The minimum atomic E-state index is 0.428. The normalized spacial score (nSPS) is 19.3. The molecule has 1 aliphatic heterocycles. The lowest BCUT2D eigenvalue weighted by atomic mass is 10.2. The van der Waals surface area contributed by atoms with Crippen LogP contribution in [0.5, 0.6) is 0 Å². The Morgan fingerprint density at radius 3 is 2.68 bits per heavy atom. The van der Waals surface area contributed by atoms with Crippen LogP contribution in [0.3, 0.4) is 0 Å². The van der Waals surface area contributed by atoms with Gasteiger partial charge in [-0.1, -0.05) is 11.3 Å². The van der Waals surface area contributed by atoms with Crippen molar-refractivity contribution in [1.29, 1.82) is 0 Å². The number of aryl methyl sites for hydroxylation is 2. The topological polar surface area (TPSA) is 49.6 Å². The van der Waals surface area contributed by atoms with Crippen LogP contribution < -0.4 is 9.80 Å². The largest absolute Gasteiger partial charge is 0.343 e. The number of anilines is 2. The molecule has 4 rings (SSSR count). The van der Waals surface area contributed by atoms with Crippen molar-refractivity contribution < 1.29 is 0 Å². The molecule has 0 N–H and O–H groups in total. The van der Waals surface area contributed by atoms with Crippen LogP contribution in [0.25, 0.3) is 4.96 Å². The molecule has 0 unspecified atom stereocenters. The fourth-order valence-electron chi connectivity index (χ4n) is 2.82. The Hall–Kier alpha value is -1.67. The molecule has 0 amide bonds. The third-order valence-electron chi connectivity index (χ3n) is 3.90. The van der Waals surface area contributed by atoms with E-state index < -0.39 is 0 Å². The van der Waals surface area contributed by atoms with Crippen LogP contribution in [-0.4, -0.2) is 45.3 Å². The average molecular weight is 334 g/mol. The minimum absolute atomic E-state index is 0.428. The van der Waals surface area contributed by atoms with Crippen LogP contribution in [0.15, 0.2) is 11.6 Å². The predicted octanol–water partition coefficient (Wildman–Crippen LogP) is 2.58. The first kappa shape index (κ1) is 14.0. The van der Waals surface area contributed by atoms with Gasteiger partial charge in [-0.25, -0.2) is 14.5 Å². The molecule has 8 heteroatoms. The molecule has 22 heavy (non-hydrogen) atoms. The molecule has 0 saturated carbocycles. The van der Waals surface area contributed by atoms with Gasteiger partial charge in [0.15, 0.2) is 5.13 Å². The summed E-state index contributed by atoms with van der Waals surface area (Å²) in [5.41, 5.74) is 2.12. The van der Waals surface area contributed by atoms with Crippen molar-refractivity contribution >= 4 is 37.9 Å². The Bertz CT molecular complexity index is 772. The van der Waals surface area contributed by atoms with Crippen molar-refractivity contribution in [2.45, 2.75) is 26.8 Å². The number of nitrogens with zero attached hydrogens (tertiary/aromatic N) is 6. The van der Waals surface area contributed by atoms with Crippen molar-refractivity contribution in [3.63, 3.8) is 0 Å². The summed E-state index contributed by atoms with van der Waals surface area (Å²) < 4.78 is 1.89. The summed E-state index contributed by atoms with van der Waals surface area (Å²) in [6.45, 7) is 9.22. The summed E-state index contributed by atoms with van der Waals surface area (Å²) in [7, 11) is 0. The van der Waals surface area contributed by atoms with E-state index in [0.29, 0.717) is 6.04 Å². The molecule has 0 radical (unpaired) electrons. The Labute approximate surface area is 137 Å². The summed E-state index contributed by atoms with van der Waals surface area (Å²) in [6, 6.07) is 0.428. The summed E-state index contributed by atoms with van der Waals surface area (Å²) in [5, 5.41) is 8.97. The number of hydrogen-bond acceptors (Lipinski definition) is 7. The Morgan fingerprint density at radius 2 is 2.00 bits per heavy atom. The van der Waals surface area contributed by atoms with Crippen LogP contribution in [0.2, 0.25) is 0 Å². The second kappa shape index (κ2) is 5.20. The number of aromatic nitrogens is 4. The molecule has 0 spiro atoms. The number of thiazole rings is 1. The zero-order valence-corrected chi connectivity index (χ0v) is 14.5. The summed E-state index contributed by atoms with van der Waals surface area (Å²) in [5.74, 6) is 0. The highest BCUT2D eigenvalue weighted by Gasteiger charge is 2.27. The van der Waals surface area contributed by atoms with Gasteiger partial charge in [-0.3, -0.25) is 0 Å². The first-order valence-corrected chi connectivity index (χ1v) is 9.06. The lowest BCUT2D eigenvalue weighted by molar-refractivity contribution is 0.547. The standard InChI is InChI=1S/C14H18N6S2/c1-9-6-20-13(15-9)22-14(17-20)18-4-5-19(11(3)7-18)12-16-10(2)8-21-12/h6,8,11H,4-5,7H2,1-3H3/t11-/m0/s1. The third-order valence-corrected chi connectivity index (χ3v) is 5.88. The number of fused-ring (bicyclic) bond motifs is 1. The first-order valence-electron chi connectivity index (χ1n) is 7.36. The second-order valence-electron chi connectivity index (χ2n) is 5.75.